The van der Waals surface area contributed by atoms with E-state index in [-0.39, 0.29) is 5.91 Å². The zero-order valence-corrected chi connectivity index (χ0v) is 12.8. The number of aryl methyl sites for hydroxylation is 1. The minimum Gasteiger partial charge on any atom is -0.330 e. The SMILES string of the molecule is Cc1ccc(Cl)c(NC(=O)CCC(C)CCN)c1Cl. The highest BCUT2D eigenvalue weighted by Gasteiger charge is 2.12. The van der Waals surface area contributed by atoms with E-state index in [9.17, 15) is 4.79 Å². The fourth-order valence-electron chi connectivity index (χ4n) is 1.78. The van der Waals surface area contributed by atoms with E-state index in [2.05, 4.69) is 12.2 Å². The Balaban J connectivity index is 2.60. The van der Waals surface area contributed by atoms with Crippen LogP contribution in [-0.2, 0) is 4.79 Å². The van der Waals surface area contributed by atoms with E-state index in [0.717, 1.165) is 18.4 Å². The molecule has 1 aromatic rings. The lowest BCUT2D eigenvalue weighted by molar-refractivity contribution is -0.116. The molecule has 3 N–H and O–H groups in total. The fourth-order valence-corrected chi connectivity index (χ4v) is 2.24. The van der Waals surface area contributed by atoms with Crippen LogP contribution >= 0.6 is 23.2 Å². The van der Waals surface area contributed by atoms with E-state index in [1.54, 1.807) is 6.07 Å². The first-order chi connectivity index (χ1) is 8.95. The zero-order valence-electron chi connectivity index (χ0n) is 11.3. The molecule has 0 bridgehead atoms. The van der Waals surface area contributed by atoms with Crippen molar-refractivity contribution >= 4 is 34.8 Å². The van der Waals surface area contributed by atoms with E-state index >= 15 is 0 Å². The minimum absolute atomic E-state index is 0.0710. The highest BCUT2D eigenvalue weighted by molar-refractivity contribution is 6.40. The van der Waals surface area contributed by atoms with Crippen LogP contribution in [0.3, 0.4) is 0 Å². The Morgan fingerprint density at radius 2 is 2.05 bits per heavy atom. The number of hydrogen-bond acceptors (Lipinski definition) is 2. The molecule has 106 valence electrons. The lowest BCUT2D eigenvalue weighted by atomic mass is 10.0. The third-order valence-electron chi connectivity index (χ3n) is 3.07. The summed E-state index contributed by atoms with van der Waals surface area (Å²) in [5.74, 6) is 0.373. The molecule has 0 aliphatic rings. The fraction of sp³-hybridized carbons (Fsp3) is 0.500. The number of anilines is 1. The number of nitrogens with one attached hydrogen (secondary N) is 1. The second kappa shape index (κ2) is 7.73. The zero-order chi connectivity index (χ0) is 14.4. The standard InChI is InChI=1S/C14H20Cl2N2O/c1-9(7-8-17)3-6-12(19)18-14-11(15)5-4-10(2)13(14)16/h4-5,9H,3,6-8,17H2,1-2H3,(H,18,19). The number of rotatable bonds is 6. The Labute approximate surface area is 124 Å². The quantitative estimate of drug-likeness (QED) is 0.834. The van der Waals surface area contributed by atoms with Crippen LogP contribution in [0.2, 0.25) is 10.0 Å². The Morgan fingerprint density at radius 3 is 2.68 bits per heavy atom. The van der Waals surface area contributed by atoms with Gasteiger partial charge in [0.2, 0.25) is 5.91 Å². The molecular formula is C14H20Cl2N2O. The van der Waals surface area contributed by atoms with Gasteiger partial charge in [-0.2, -0.15) is 0 Å². The average molecular weight is 303 g/mol. The lowest BCUT2D eigenvalue weighted by Gasteiger charge is -2.13. The molecule has 3 nitrogen and oxygen atoms in total. The monoisotopic (exact) mass is 302 g/mol. The van der Waals surface area contributed by atoms with Gasteiger partial charge in [0.25, 0.3) is 0 Å². The van der Waals surface area contributed by atoms with E-state index in [1.165, 1.54) is 0 Å². The van der Waals surface area contributed by atoms with Gasteiger partial charge >= 0.3 is 0 Å². The van der Waals surface area contributed by atoms with E-state index < -0.39 is 0 Å². The summed E-state index contributed by atoms with van der Waals surface area (Å²) >= 11 is 12.2. The molecular weight excluding hydrogens is 283 g/mol. The van der Waals surface area contributed by atoms with Crippen molar-refractivity contribution in [2.45, 2.75) is 33.1 Å². The second-order valence-electron chi connectivity index (χ2n) is 4.82. The molecule has 1 unspecified atom stereocenters. The van der Waals surface area contributed by atoms with E-state index in [4.69, 9.17) is 28.9 Å². The van der Waals surface area contributed by atoms with Crippen molar-refractivity contribution in [3.8, 4) is 0 Å². The summed E-state index contributed by atoms with van der Waals surface area (Å²) in [7, 11) is 0. The molecule has 0 fully saturated rings. The number of benzene rings is 1. The number of halogens is 2. The number of amides is 1. The van der Waals surface area contributed by atoms with Crippen LogP contribution < -0.4 is 11.1 Å². The molecule has 1 aromatic carbocycles. The first-order valence-corrected chi connectivity index (χ1v) is 7.15. The highest BCUT2D eigenvalue weighted by atomic mass is 35.5. The van der Waals surface area contributed by atoms with Crippen LogP contribution in [0.1, 0.15) is 31.7 Å². The Morgan fingerprint density at radius 1 is 1.37 bits per heavy atom. The Kier molecular flexibility index (Phi) is 6.63. The first-order valence-electron chi connectivity index (χ1n) is 6.40. The van der Waals surface area contributed by atoms with Crippen LogP contribution in [0.4, 0.5) is 5.69 Å². The number of carbonyl (C=O) groups excluding carboxylic acids is 1. The average Bonchev–Trinajstić information content (AvgIpc) is 2.37. The van der Waals surface area contributed by atoms with Crippen LogP contribution in [0.15, 0.2) is 12.1 Å². The summed E-state index contributed by atoms with van der Waals surface area (Å²) in [6.45, 7) is 4.61. The molecule has 0 saturated heterocycles. The van der Waals surface area contributed by atoms with Gasteiger partial charge in [0.1, 0.15) is 0 Å². The lowest BCUT2D eigenvalue weighted by Crippen LogP contribution is -2.14. The smallest absolute Gasteiger partial charge is 0.224 e. The molecule has 0 aliphatic carbocycles. The molecule has 0 spiro atoms. The van der Waals surface area contributed by atoms with Crippen molar-refractivity contribution in [3.05, 3.63) is 27.7 Å². The van der Waals surface area contributed by atoms with Gasteiger partial charge in [-0.15, -0.1) is 0 Å². The molecule has 1 atom stereocenters. The van der Waals surface area contributed by atoms with Gasteiger partial charge in [-0.3, -0.25) is 4.79 Å². The van der Waals surface area contributed by atoms with Gasteiger partial charge in [-0.05, 0) is 43.9 Å². The molecule has 0 saturated carbocycles. The molecule has 5 heteroatoms. The Hall–Kier alpha value is -0.770. The van der Waals surface area contributed by atoms with Gasteiger partial charge < -0.3 is 11.1 Å². The van der Waals surface area contributed by atoms with Gasteiger partial charge in [-0.25, -0.2) is 0 Å². The van der Waals surface area contributed by atoms with Crippen LogP contribution in [-0.4, -0.2) is 12.5 Å². The summed E-state index contributed by atoms with van der Waals surface area (Å²) in [5.41, 5.74) is 6.87. The summed E-state index contributed by atoms with van der Waals surface area (Å²) < 4.78 is 0. The van der Waals surface area contributed by atoms with Crippen LogP contribution in [0, 0.1) is 12.8 Å². The molecule has 0 aliphatic heterocycles. The largest absolute Gasteiger partial charge is 0.330 e. The van der Waals surface area contributed by atoms with Gasteiger partial charge in [0.15, 0.2) is 0 Å². The minimum atomic E-state index is -0.0710. The van der Waals surface area contributed by atoms with Crippen molar-refractivity contribution in [3.63, 3.8) is 0 Å². The van der Waals surface area contributed by atoms with E-state index in [1.807, 2.05) is 13.0 Å². The number of carbonyl (C=O) groups is 1. The number of nitrogens with two attached hydrogens (primary N) is 1. The second-order valence-corrected chi connectivity index (χ2v) is 5.61. The summed E-state index contributed by atoms with van der Waals surface area (Å²) in [5, 5.41) is 3.74. The van der Waals surface area contributed by atoms with Crippen molar-refractivity contribution in [2.75, 3.05) is 11.9 Å². The molecule has 1 rings (SSSR count). The van der Waals surface area contributed by atoms with Crippen LogP contribution in [0.5, 0.6) is 0 Å². The van der Waals surface area contributed by atoms with Crippen molar-refractivity contribution in [1.29, 1.82) is 0 Å². The summed E-state index contributed by atoms with van der Waals surface area (Å²) in [4.78, 5) is 11.9. The maximum absolute atomic E-state index is 11.9. The van der Waals surface area contributed by atoms with Gasteiger partial charge in [0.05, 0.1) is 15.7 Å². The van der Waals surface area contributed by atoms with Crippen LogP contribution in [0.25, 0.3) is 0 Å². The maximum atomic E-state index is 11.9. The first kappa shape index (κ1) is 16.3. The maximum Gasteiger partial charge on any atom is 0.224 e. The van der Waals surface area contributed by atoms with E-state index in [0.29, 0.717) is 34.6 Å². The highest BCUT2D eigenvalue weighted by Crippen LogP contribution is 2.33. The van der Waals surface area contributed by atoms with Crippen molar-refractivity contribution in [2.24, 2.45) is 11.7 Å². The molecule has 19 heavy (non-hydrogen) atoms. The van der Waals surface area contributed by atoms with Crippen molar-refractivity contribution < 1.29 is 4.79 Å². The summed E-state index contributed by atoms with van der Waals surface area (Å²) in [6, 6.07) is 3.55. The molecule has 1 amide bonds. The Bertz CT molecular complexity index is 449. The molecule has 0 heterocycles. The predicted molar refractivity (Wildman–Crippen MR) is 81.9 cm³/mol. The topological polar surface area (TPSA) is 55.1 Å². The third-order valence-corrected chi connectivity index (χ3v) is 3.87. The molecule has 0 aromatic heterocycles. The normalized spacial score (nSPS) is 12.3. The predicted octanol–water partition coefficient (Wildman–Crippen LogP) is 4.01. The third kappa shape index (κ3) is 5.01. The van der Waals surface area contributed by atoms with Crippen molar-refractivity contribution in [1.82, 2.24) is 0 Å². The summed E-state index contributed by atoms with van der Waals surface area (Å²) in [6.07, 6.45) is 2.19. The van der Waals surface area contributed by atoms with Gasteiger partial charge in [-0.1, -0.05) is 36.2 Å². The van der Waals surface area contributed by atoms with Gasteiger partial charge in [0, 0.05) is 6.42 Å². The number of hydrogen-bond donors (Lipinski definition) is 2. The molecule has 0 radical (unpaired) electrons.